The molecule has 1 N–H and O–H groups in total. The van der Waals surface area contributed by atoms with Crippen LogP contribution < -0.4 is 5.32 Å². The van der Waals surface area contributed by atoms with Crippen LogP contribution in [0.2, 0.25) is 0 Å². The molecule has 0 spiro atoms. The lowest BCUT2D eigenvalue weighted by molar-refractivity contribution is -0.143. The van der Waals surface area contributed by atoms with Crippen molar-refractivity contribution in [3.63, 3.8) is 0 Å². The Morgan fingerprint density at radius 1 is 1.36 bits per heavy atom. The van der Waals surface area contributed by atoms with E-state index in [0.717, 1.165) is 15.4 Å². The summed E-state index contributed by atoms with van der Waals surface area (Å²) in [6, 6.07) is 5.61. The Bertz CT molecular complexity index is 693. The zero-order valence-corrected chi connectivity index (χ0v) is 14.2. The molecule has 0 aliphatic heterocycles. The standard InChI is InChI=1S/C16H18BrNO4/c1-3-21-14(19)5-4-8-18-16(20)15-10(2)12-9-11(17)6-7-13(12)22-15/h6-7,9H,3-5,8H2,1-2H3,(H,18,20). The lowest BCUT2D eigenvalue weighted by Gasteiger charge is -2.04. The van der Waals surface area contributed by atoms with E-state index in [4.69, 9.17) is 9.15 Å². The maximum Gasteiger partial charge on any atom is 0.305 e. The highest BCUT2D eigenvalue weighted by atomic mass is 79.9. The van der Waals surface area contributed by atoms with E-state index in [9.17, 15) is 9.59 Å². The highest BCUT2D eigenvalue weighted by Crippen LogP contribution is 2.27. The molecule has 1 amide bonds. The summed E-state index contributed by atoms with van der Waals surface area (Å²) in [4.78, 5) is 23.4. The normalized spacial score (nSPS) is 10.7. The average molecular weight is 368 g/mol. The molecular weight excluding hydrogens is 350 g/mol. The minimum Gasteiger partial charge on any atom is -0.466 e. The summed E-state index contributed by atoms with van der Waals surface area (Å²) in [5.41, 5.74) is 1.48. The van der Waals surface area contributed by atoms with Gasteiger partial charge in [-0.15, -0.1) is 0 Å². The number of carbonyl (C=O) groups is 2. The predicted molar refractivity (Wildman–Crippen MR) is 86.9 cm³/mol. The molecule has 0 radical (unpaired) electrons. The number of amides is 1. The van der Waals surface area contributed by atoms with Crippen LogP contribution in [0.4, 0.5) is 0 Å². The van der Waals surface area contributed by atoms with Gasteiger partial charge in [-0.05, 0) is 38.5 Å². The van der Waals surface area contributed by atoms with E-state index < -0.39 is 0 Å². The van der Waals surface area contributed by atoms with Gasteiger partial charge in [-0.25, -0.2) is 0 Å². The monoisotopic (exact) mass is 367 g/mol. The van der Waals surface area contributed by atoms with Crippen molar-refractivity contribution in [1.29, 1.82) is 0 Å². The van der Waals surface area contributed by atoms with E-state index in [2.05, 4.69) is 21.2 Å². The number of esters is 1. The van der Waals surface area contributed by atoms with Crippen molar-refractivity contribution in [3.8, 4) is 0 Å². The second kappa shape index (κ2) is 7.45. The van der Waals surface area contributed by atoms with Crippen LogP contribution in [0.1, 0.15) is 35.9 Å². The zero-order chi connectivity index (χ0) is 16.1. The third-order valence-corrected chi connectivity index (χ3v) is 3.75. The third kappa shape index (κ3) is 3.88. The first-order valence-corrected chi connectivity index (χ1v) is 7.94. The lowest BCUT2D eigenvalue weighted by atomic mass is 10.1. The zero-order valence-electron chi connectivity index (χ0n) is 12.6. The van der Waals surface area contributed by atoms with Crippen molar-refractivity contribution in [1.82, 2.24) is 5.32 Å². The Labute approximate surface area is 137 Å². The van der Waals surface area contributed by atoms with Gasteiger partial charge in [0.15, 0.2) is 5.76 Å². The van der Waals surface area contributed by atoms with Gasteiger partial charge in [0.25, 0.3) is 5.91 Å². The number of hydrogen-bond donors (Lipinski definition) is 1. The van der Waals surface area contributed by atoms with Crippen LogP contribution >= 0.6 is 15.9 Å². The van der Waals surface area contributed by atoms with Gasteiger partial charge >= 0.3 is 5.97 Å². The molecule has 0 bridgehead atoms. The smallest absolute Gasteiger partial charge is 0.305 e. The Hall–Kier alpha value is -1.82. The summed E-state index contributed by atoms with van der Waals surface area (Å²) in [6.45, 7) is 4.39. The van der Waals surface area contributed by atoms with Crippen LogP contribution in [0.15, 0.2) is 27.1 Å². The number of aryl methyl sites for hydroxylation is 1. The van der Waals surface area contributed by atoms with Crippen LogP contribution in [-0.4, -0.2) is 25.0 Å². The number of nitrogens with one attached hydrogen (secondary N) is 1. The molecule has 0 aliphatic carbocycles. The molecule has 22 heavy (non-hydrogen) atoms. The minimum absolute atomic E-state index is 0.249. The molecular formula is C16H18BrNO4. The number of benzene rings is 1. The van der Waals surface area contributed by atoms with Crippen LogP contribution in [0.5, 0.6) is 0 Å². The van der Waals surface area contributed by atoms with Crippen molar-refractivity contribution in [2.24, 2.45) is 0 Å². The molecule has 1 aromatic heterocycles. The maximum absolute atomic E-state index is 12.2. The molecule has 2 rings (SSSR count). The summed E-state index contributed by atoms with van der Waals surface area (Å²) in [7, 11) is 0. The van der Waals surface area contributed by atoms with Gasteiger partial charge in [-0.3, -0.25) is 9.59 Å². The summed E-state index contributed by atoms with van der Waals surface area (Å²) >= 11 is 3.40. The van der Waals surface area contributed by atoms with Gasteiger partial charge in [-0.1, -0.05) is 15.9 Å². The Balaban J connectivity index is 1.95. The highest BCUT2D eigenvalue weighted by Gasteiger charge is 2.17. The van der Waals surface area contributed by atoms with Crippen molar-refractivity contribution < 1.29 is 18.7 Å². The van der Waals surface area contributed by atoms with Crippen molar-refractivity contribution in [2.45, 2.75) is 26.7 Å². The van der Waals surface area contributed by atoms with Crippen LogP contribution in [-0.2, 0) is 9.53 Å². The van der Waals surface area contributed by atoms with Crippen molar-refractivity contribution in [2.75, 3.05) is 13.2 Å². The van der Waals surface area contributed by atoms with Gasteiger partial charge in [0.2, 0.25) is 0 Å². The number of furan rings is 1. The van der Waals surface area contributed by atoms with Gasteiger partial charge in [0, 0.05) is 28.4 Å². The minimum atomic E-state index is -0.270. The summed E-state index contributed by atoms with van der Waals surface area (Å²) < 4.78 is 11.4. The molecule has 0 saturated heterocycles. The number of carbonyl (C=O) groups excluding carboxylic acids is 2. The largest absolute Gasteiger partial charge is 0.466 e. The molecule has 0 aliphatic rings. The number of fused-ring (bicyclic) bond motifs is 1. The molecule has 0 saturated carbocycles. The number of rotatable bonds is 6. The Morgan fingerprint density at radius 3 is 2.86 bits per heavy atom. The van der Waals surface area contributed by atoms with Crippen LogP contribution in [0, 0.1) is 6.92 Å². The summed E-state index contributed by atoms with van der Waals surface area (Å²) in [5, 5.41) is 3.67. The topological polar surface area (TPSA) is 68.5 Å². The molecule has 0 atom stereocenters. The van der Waals surface area contributed by atoms with Gasteiger partial charge in [-0.2, -0.15) is 0 Å². The molecule has 118 valence electrons. The first-order chi connectivity index (χ1) is 10.5. The quantitative estimate of drug-likeness (QED) is 0.625. The molecule has 2 aromatic rings. The van der Waals surface area contributed by atoms with E-state index in [0.29, 0.717) is 37.3 Å². The predicted octanol–water partition coefficient (Wildman–Crippen LogP) is 3.58. The molecule has 1 heterocycles. The van der Waals surface area contributed by atoms with Crippen LogP contribution in [0.25, 0.3) is 11.0 Å². The van der Waals surface area contributed by atoms with Gasteiger partial charge in [0.1, 0.15) is 5.58 Å². The molecule has 0 unspecified atom stereocenters. The number of ether oxygens (including phenoxy) is 1. The number of halogens is 1. The maximum atomic E-state index is 12.2. The van der Waals surface area contributed by atoms with Gasteiger partial charge in [0.05, 0.1) is 6.61 Å². The van der Waals surface area contributed by atoms with E-state index in [1.165, 1.54) is 0 Å². The summed E-state index contributed by atoms with van der Waals surface area (Å²) in [5.74, 6) is -0.209. The fourth-order valence-electron chi connectivity index (χ4n) is 2.16. The molecule has 1 aromatic carbocycles. The lowest BCUT2D eigenvalue weighted by Crippen LogP contribution is -2.25. The fraction of sp³-hybridized carbons (Fsp3) is 0.375. The van der Waals surface area contributed by atoms with Crippen molar-refractivity contribution >= 4 is 38.8 Å². The Kier molecular flexibility index (Phi) is 5.60. The van der Waals surface area contributed by atoms with E-state index in [1.54, 1.807) is 6.92 Å². The molecule has 6 heteroatoms. The van der Waals surface area contributed by atoms with Crippen LogP contribution in [0.3, 0.4) is 0 Å². The second-order valence-electron chi connectivity index (χ2n) is 4.86. The third-order valence-electron chi connectivity index (χ3n) is 3.25. The SMILES string of the molecule is CCOC(=O)CCCNC(=O)c1oc2ccc(Br)cc2c1C. The van der Waals surface area contributed by atoms with Gasteiger partial charge < -0.3 is 14.5 Å². The van der Waals surface area contributed by atoms with E-state index in [-0.39, 0.29) is 11.9 Å². The first-order valence-electron chi connectivity index (χ1n) is 7.15. The molecule has 0 fully saturated rings. The van der Waals surface area contributed by atoms with Crippen molar-refractivity contribution in [3.05, 3.63) is 34.0 Å². The first kappa shape index (κ1) is 16.5. The summed E-state index contributed by atoms with van der Waals surface area (Å²) in [6.07, 6.45) is 0.829. The molecule has 5 nitrogen and oxygen atoms in total. The van der Waals surface area contributed by atoms with E-state index >= 15 is 0 Å². The number of hydrogen-bond acceptors (Lipinski definition) is 4. The highest BCUT2D eigenvalue weighted by molar-refractivity contribution is 9.10. The average Bonchev–Trinajstić information content (AvgIpc) is 2.81. The fourth-order valence-corrected chi connectivity index (χ4v) is 2.52. The Morgan fingerprint density at radius 2 is 2.14 bits per heavy atom. The van der Waals surface area contributed by atoms with E-state index in [1.807, 2.05) is 25.1 Å². The second-order valence-corrected chi connectivity index (χ2v) is 5.78.